The van der Waals surface area contributed by atoms with Crippen LogP contribution in [0.5, 0.6) is 0 Å². The molecular weight excluding hydrogens is 228 g/mol. The number of aryl methyl sites for hydroxylation is 1. The third-order valence-electron chi connectivity index (χ3n) is 2.53. The molecule has 1 aromatic heterocycles. The van der Waals surface area contributed by atoms with Crippen LogP contribution >= 0.6 is 0 Å². The first-order valence-electron chi connectivity index (χ1n) is 5.91. The highest BCUT2D eigenvalue weighted by Crippen LogP contribution is 2.25. The molecule has 0 saturated heterocycles. The summed E-state index contributed by atoms with van der Waals surface area (Å²) in [6, 6.07) is 7.90. The van der Waals surface area contributed by atoms with Gasteiger partial charge in [-0.3, -0.25) is 5.32 Å². The number of hydrogen-bond acceptors (Lipinski definition) is 2. The zero-order valence-electron chi connectivity index (χ0n) is 11.2. The number of amides is 1. The molecule has 0 atom stereocenters. The van der Waals surface area contributed by atoms with Crippen molar-refractivity contribution in [2.45, 2.75) is 26.4 Å². The lowest BCUT2D eigenvalue weighted by Crippen LogP contribution is -2.27. The van der Waals surface area contributed by atoms with Gasteiger partial charge in [-0.1, -0.05) is 18.2 Å². The predicted molar refractivity (Wildman–Crippen MR) is 72.8 cm³/mol. The number of rotatable bonds is 1. The molecule has 1 amide bonds. The number of carbonyl (C=O) groups excluding carboxylic acids is 1. The first-order valence-corrected chi connectivity index (χ1v) is 5.91. The molecule has 0 aliphatic heterocycles. The summed E-state index contributed by atoms with van der Waals surface area (Å²) in [7, 11) is 1.95. The van der Waals surface area contributed by atoms with Crippen LogP contribution in [-0.4, -0.2) is 16.3 Å². The van der Waals surface area contributed by atoms with E-state index in [2.05, 4.69) is 5.32 Å². The van der Waals surface area contributed by atoms with Crippen LogP contribution in [0.4, 0.5) is 10.5 Å². The molecule has 4 nitrogen and oxygen atoms in total. The van der Waals surface area contributed by atoms with Crippen molar-refractivity contribution in [2.75, 3.05) is 5.32 Å². The minimum Gasteiger partial charge on any atom is -0.444 e. The molecule has 0 unspecified atom stereocenters. The lowest BCUT2D eigenvalue weighted by atomic mass is 10.2. The quantitative estimate of drug-likeness (QED) is 0.836. The maximum absolute atomic E-state index is 11.7. The Kier molecular flexibility index (Phi) is 3.03. The van der Waals surface area contributed by atoms with Crippen LogP contribution in [-0.2, 0) is 11.8 Å². The zero-order valence-corrected chi connectivity index (χ0v) is 11.2. The van der Waals surface area contributed by atoms with Gasteiger partial charge in [0.15, 0.2) is 0 Å². The van der Waals surface area contributed by atoms with Crippen LogP contribution in [0.2, 0.25) is 0 Å². The van der Waals surface area contributed by atoms with E-state index >= 15 is 0 Å². The summed E-state index contributed by atoms with van der Waals surface area (Å²) < 4.78 is 7.21. The molecule has 0 fully saturated rings. The second-order valence-electron chi connectivity index (χ2n) is 5.30. The van der Waals surface area contributed by atoms with Crippen molar-refractivity contribution in [2.24, 2.45) is 7.05 Å². The van der Waals surface area contributed by atoms with E-state index < -0.39 is 11.7 Å². The monoisotopic (exact) mass is 246 g/mol. The molecule has 0 saturated carbocycles. The predicted octanol–water partition coefficient (Wildman–Crippen LogP) is 3.53. The second kappa shape index (κ2) is 4.37. The summed E-state index contributed by atoms with van der Waals surface area (Å²) in [5.74, 6) is 0. The van der Waals surface area contributed by atoms with E-state index in [9.17, 15) is 4.79 Å². The van der Waals surface area contributed by atoms with E-state index in [4.69, 9.17) is 4.74 Å². The molecule has 2 aromatic rings. The molecule has 1 heterocycles. The molecule has 96 valence electrons. The van der Waals surface area contributed by atoms with Gasteiger partial charge >= 0.3 is 6.09 Å². The van der Waals surface area contributed by atoms with E-state index in [1.807, 2.05) is 62.8 Å². The molecular formula is C14H18N2O2. The van der Waals surface area contributed by atoms with Crippen molar-refractivity contribution >= 4 is 22.7 Å². The highest BCUT2D eigenvalue weighted by molar-refractivity contribution is 5.99. The lowest BCUT2D eigenvalue weighted by molar-refractivity contribution is 0.0636. The van der Waals surface area contributed by atoms with Crippen molar-refractivity contribution in [1.82, 2.24) is 4.57 Å². The van der Waals surface area contributed by atoms with E-state index in [0.717, 1.165) is 16.6 Å². The summed E-state index contributed by atoms with van der Waals surface area (Å²) in [6.07, 6.45) is 1.45. The Hall–Kier alpha value is -1.97. The highest BCUT2D eigenvalue weighted by Gasteiger charge is 2.17. The number of para-hydroxylation sites is 1. The third-order valence-corrected chi connectivity index (χ3v) is 2.53. The Morgan fingerprint density at radius 1 is 1.28 bits per heavy atom. The maximum Gasteiger partial charge on any atom is 0.412 e. The minimum atomic E-state index is -0.491. The Bertz CT molecular complexity index is 579. The maximum atomic E-state index is 11.7. The number of hydrogen-bond donors (Lipinski definition) is 1. The molecule has 0 aliphatic rings. The standard InChI is InChI=1S/C14H18N2O2/c1-14(2,3)18-13(17)15-11-9-16(4)12-8-6-5-7-10(11)12/h5-9H,1-4H3,(H,15,17). The van der Waals surface area contributed by atoms with Crippen LogP contribution in [0.25, 0.3) is 10.9 Å². The number of anilines is 1. The SMILES string of the molecule is Cn1cc(NC(=O)OC(C)(C)C)c2ccccc21. The average molecular weight is 246 g/mol. The summed E-state index contributed by atoms with van der Waals surface area (Å²) >= 11 is 0. The smallest absolute Gasteiger partial charge is 0.412 e. The first kappa shape index (κ1) is 12.5. The molecule has 4 heteroatoms. The molecule has 0 aliphatic carbocycles. The molecule has 2 rings (SSSR count). The number of benzene rings is 1. The minimum absolute atomic E-state index is 0.432. The summed E-state index contributed by atoms with van der Waals surface area (Å²) in [5, 5.41) is 3.79. The van der Waals surface area contributed by atoms with Crippen LogP contribution in [0.3, 0.4) is 0 Å². The Morgan fingerprint density at radius 2 is 1.94 bits per heavy atom. The van der Waals surface area contributed by atoms with Gasteiger partial charge in [0.05, 0.1) is 5.69 Å². The van der Waals surface area contributed by atoms with Crippen molar-refractivity contribution in [3.05, 3.63) is 30.5 Å². The van der Waals surface area contributed by atoms with Gasteiger partial charge in [0.2, 0.25) is 0 Å². The lowest BCUT2D eigenvalue weighted by Gasteiger charge is -2.19. The molecule has 1 aromatic carbocycles. The normalized spacial score (nSPS) is 11.6. The highest BCUT2D eigenvalue weighted by atomic mass is 16.6. The average Bonchev–Trinajstić information content (AvgIpc) is 2.54. The zero-order chi connectivity index (χ0) is 13.3. The van der Waals surface area contributed by atoms with Gasteiger partial charge in [-0.15, -0.1) is 0 Å². The van der Waals surface area contributed by atoms with Crippen LogP contribution in [0.15, 0.2) is 30.5 Å². The van der Waals surface area contributed by atoms with Crippen LogP contribution < -0.4 is 5.32 Å². The van der Waals surface area contributed by atoms with Gasteiger partial charge in [-0.05, 0) is 26.8 Å². The van der Waals surface area contributed by atoms with Crippen molar-refractivity contribution < 1.29 is 9.53 Å². The molecule has 18 heavy (non-hydrogen) atoms. The number of nitrogens with zero attached hydrogens (tertiary/aromatic N) is 1. The fourth-order valence-corrected chi connectivity index (χ4v) is 1.85. The van der Waals surface area contributed by atoms with Gasteiger partial charge in [-0.2, -0.15) is 0 Å². The Balaban J connectivity index is 2.25. The van der Waals surface area contributed by atoms with E-state index in [1.54, 1.807) is 0 Å². The number of nitrogens with one attached hydrogen (secondary N) is 1. The third kappa shape index (κ3) is 2.64. The number of carbonyl (C=O) groups is 1. The van der Waals surface area contributed by atoms with Gasteiger partial charge in [0, 0.05) is 24.1 Å². The summed E-state index contributed by atoms with van der Waals surface area (Å²) in [6.45, 7) is 5.53. The van der Waals surface area contributed by atoms with E-state index in [-0.39, 0.29) is 0 Å². The summed E-state index contributed by atoms with van der Waals surface area (Å²) in [4.78, 5) is 11.7. The van der Waals surface area contributed by atoms with Crippen molar-refractivity contribution in [3.8, 4) is 0 Å². The largest absolute Gasteiger partial charge is 0.444 e. The number of ether oxygens (including phenoxy) is 1. The van der Waals surface area contributed by atoms with Gasteiger partial charge in [0.1, 0.15) is 5.60 Å². The summed E-state index contributed by atoms with van der Waals surface area (Å²) in [5.41, 5.74) is 1.35. The number of fused-ring (bicyclic) bond motifs is 1. The number of aromatic nitrogens is 1. The van der Waals surface area contributed by atoms with E-state index in [0.29, 0.717) is 0 Å². The van der Waals surface area contributed by atoms with Crippen molar-refractivity contribution in [3.63, 3.8) is 0 Å². The first-order chi connectivity index (χ1) is 8.37. The fraction of sp³-hybridized carbons (Fsp3) is 0.357. The van der Waals surface area contributed by atoms with Gasteiger partial charge in [-0.25, -0.2) is 4.79 Å². The molecule has 1 N–H and O–H groups in total. The van der Waals surface area contributed by atoms with Gasteiger partial charge in [0.25, 0.3) is 0 Å². The molecule has 0 bridgehead atoms. The fourth-order valence-electron chi connectivity index (χ4n) is 1.85. The van der Waals surface area contributed by atoms with Crippen LogP contribution in [0.1, 0.15) is 20.8 Å². The van der Waals surface area contributed by atoms with Gasteiger partial charge < -0.3 is 9.30 Å². The van der Waals surface area contributed by atoms with E-state index in [1.165, 1.54) is 0 Å². The topological polar surface area (TPSA) is 43.3 Å². The second-order valence-corrected chi connectivity index (χ2v) is 5.30. The molecule has 0 radical (unpaired) electrons. The van der Waals surface area contributed by atoms with Crippen LogP contribution in [0, 0.1) is 0 Å². The Labute approximate surface area is 107 Å². The Morgan fingerprint density at radius 3 is 2.61 bits per heavy atom. The van der Waals surface area contributed by atoms with Crippen molar-refractivity contribution in [1.29, 1.82) is 0 Å². The molecule has 0 spiro atoms.